The van der Waals surface area contributed by atoms with Gasteiger partial charge in [0.25, 0.3) is 0 Å². The van der Waals surface area contributed by atoms with Gasteiger partial charge in [-0.3, -0.25) is 4.79 Å². The van der Waals surface area contributed by atoms with Crippen LogP contribution in [0.25, 0.3) is 0 Å². The van der Waals surface area contributed by atoms with Crippen molar-refractivity contribution in [2.45, 2.75) is 88.9 Å². The summed E-state index contributed by atoms with van der Waals surface area (Å²) >= 11 is 0. The number of hydrogen-bond donors (Lipinski definition) is 2. The van der Waals surface area contributed by atoms with Crippen LogP contribution < -0.4 is 24.8 Å². The molecule has 0 spiro atoms. The topological polar surface area (TPSA) is 106 Å². The van der Waals surface area contributed by atoms with Crippen molar-refractivity contribution in [3.8, 4) is 17.2 Å². The van der Waals surface area contributed by atoms with Gasteiger partial charge in [0, 0.05) is 23.8 Å². The highest BCUT2D eigenvalue weighted by molar-refractivity contribution is 7.89. The van der Waals surface area contributed by atoms with Crippen LogP contribution in [0.5, 0.6) is 17.2 Å². The number of nitrogens with one attached hydrogen (secondary N) is 2. The number of carbonyl (C=O) groups excluding carboxylic acids is 1. The zero-order chi connectivity index (χ0) is 28.7. The Hall–Kier alpha value is -2.98. The van der Waals surface area contributed by atoms with Gasteiger partial charge >= 0.3 is 0 Å². The molecule has 1 saturated carbocycles. The number of benzene rings is 2. The Kier molecular flexibility index (Phi) is 10.5. The minimum absolute atomic E-state index is 0.114. The number of carbonyl (C=O) groups is 1. The van der Waals surface area contributed by atoms with Crippen LogP contribution >= 0.6 is 0 Å². The molecule has 0 radical (unpaired) electrons. The number of nitrogens with zero attached hydrogens (tertiary/aromatic N) is 1. The van der Waals surface area contributed by atoms with Crippen LogP contribution in [0.3, 0.4) is 0 Å². The average Bonchev–Trinajstić information content (AvgIpc) is 2.90. The van der Waals surface area contributed by atoms with E-state index in [1.54, 1.807) is 36.4 Å². The number of methoxy groups -OCH3 is 3. The van der Waals surface area contributed by atoms with Crippen LogP contribution in [0, 0.1) is 0 Å². The van der Waals surface area contributed by atoms with E-state index in [9.17, 15) is 13.2 Å². The Labute approximate surface area is 233 Å². The molecule has 0 heterocycles. The second-order valence-electron chi connectivity index (χ2n) is 10.4. The molecule has 1 atom stereocenters. The number of amides is 1. The summed E-state index contributed by atoms with van der Waals surface area (Å²) in [5.41, 5.74) is 1.23. The molecule has 216 valence electrons. The van der Waals surface area contributed by atoms with Crippen molar-refractivity contribution in [1.29, 1.82) is 0 Å². The molecule has 2 aromatic carbocycles. The zero-order valence-corrected chi connectivity index (χ0v) is 24.9. The Morgan fingerprint density at radius 2 is 1.41 bits per heavy atom. The van der Waals surface area contributed by atoms with Gasteiger partial charge in [0.05, 0.1) is 26.2 Å². The summed E-state index contributed by atoms with van der Waals surface area (Å²) < 4.78 is 44.6. The van der Waals surface area contributed by atoms with E-state index in [0.717, 1.165) is 25.7 Å². The standard InChI is InChI=1S/C29H43N3O6S/c1-19(2)32(20(3)4)39(34,35)24-15-13-23(14-16-24)30-27(29(33)31-22-11-9-8-10-12-22)21-17-25(36-5)28(38-7)26(18-21)37-6/h13-20,22,27,30H,8-12H2,1-7H3,(H,31,33)/t27-/m0/s1. The van der Waals surface area contributed by atoms with Gasteiger partial charge in [-0.25, -0.2) is 8.42 Å². The lowest BCUT2D eigenvalue weighted by Crippen LogP contribution is -2.42. The van der Waals surface area contributed by atoms with Gasteiger partial charge in [0.2, 0.25) is 21.7 Å². The van der Waals surface area contributed by atoms with E-state index in [0.29, 0.717) is 28.5 Å². The summed E-state index contributed by atoms with van der Waals surface area (Å²) in [7, 11) is 0.910. The molecule has 1 aliphatic rings. The quantitative estimate of drug-likeness (QED) is 0.370. The lowest BCUT2D eigenvalue weighted by Gasteiger charge is -2.29. The Morgan fingerprint density at radius 1 is 0.872 bits per heavy atom. The molecule has 0 aliphatic heterocycles. The Morgan fingerprint density at radius 3 is 1.87 bits per heavy atom. The monoisotopic (exact) mass is 561 g/mol. The lowest BCUT2D eigenvalue weighted by molar-refractivity contribution is -0.122. The van der Waals surface area contributed by atoms with E-state index in [1.165, 1.54) is 32.1 Å². The van der Waals surface area contributed by atoms with Gasteiger partial charge in [-0.05, 0) is 82.5 Å². The first-order chi connectivity index (χ1) is 18.5. The normalized spacial score (nSPS) is 15.3. The molecule has 2 aromatic rings. The number of sulfonamides is 1. The maximum atomic E-state index is 13.6. The van der Waals surface area contributed by atoms with Gasteiger partial charge in [0.15, 0.2) is 11.5 Å². The van der Waals surface area contributed by atoms with Gasteiger partial charge in [-0.1, -0.05) is 19.3 Å². The van der Waals surface area contributed by atoms with Gasteiger partial charge < -0.3 is 24.8 Å². The van der Waals surface area contributed by atoms with E-state index in [-0.39, 0.29) is 28.9 Å². The van der Waals surface area contributed by atoms with Crippen molar-refractivity contribution in [2.24, 2.45) is 0 Å². The molecule has 0 unspecified atom stereocenters. The molecule has 39 heavy (non-hydrogen) atoms. The number of anilines is 1. The smallest absolute Gasteiger partial charge is 0.247 e. The van der Waals surface area contributed by atoms with Crippen molar-refractivity contribution in [3.63, 3.8) is 0 Å². The van der Waals surface area contributed by atoms with E-state index in [4.69, 9.17) is 14.2 Å². The van der Waals surface area contributed by atoms with E-state index >= 15 is 0 Å². The molecule has 0 saturated heterocycles. The molecule has 9 nitrogen and oxygen atoms in total. The highest BCUT2D eigenvalue weighted by Crippen LogP contribution is 2.40. The SMILES string of the molecule is COc1cc([C@H](Nc2ccc(S(=O)(=O)N(C(C)C)C(C)C)cc2)C(=O)NC2CCCCC2)cc(OC)c1OC. The second-order valence-corrected chi connectivity index (χ2v) is 12.3. The number of hydrogen-bond acceptors (Lipinski definition) is 7. The van der Waals surface area contributed by atoms with Crippen LogP contribution in [0.4, 0.5) is 5.69 Å². The fraction of sp³-hybridized carbons (Fsp3) is 0.552. The highest BCUT2D eigenvalue weighted by atomic mass is 32.2. The predicted octanol–water partition coefficient (Wildman–Crippen LogP) is 5.12. The lowest BCUT2D eigenvalue weighted by atomic mass is 9.94. The highest BCUT2D eigenvalue weighted by Gasteiger charge is 2.30. The molecule has 10 heteroatoms. The first kappa shape index (κ1) is 30.6. The van der Waals surface area contributed by atoms with Crippen molar-refractivity contribution in [3.05, 3.63) is 42.0 Å². The summed E-state index contributed by atoms with van der Waals surface area (Å²) in [5.74, 6) is 1.13. The van der Waals surface area contributed by atoms with Crippen LogP contribution in [-0.2, 0) is 14.8 Å². The van der Waals surface area contributed by atoms with Gasteiger partial charge in [0.1, 0.15) is 6.04 Å². The largest absolute Gasteiger partial charge is 0.493 e. The van der Waals surface area contributed by atoms with Crippen molar-refractivity contribution in [1.82, 2.24) is 9.62 Å². The zero-order valence-electron chi connectivity index (χ0n) is 24.1. The van der Waals surface area contributed by atoms with Gasteiger partial charge in [-0.15, -0.1) is 0 Å². The summed E-state index contributed by atoms with van der Waals surface area (Å²) in [6.07, 6.45) is 5.26. The molecular weight excluding hydrogens is 518 g/mol. The van der Waals surface area contributed by atoms with Crippen LogP contribution in [0.1, 0.15) is 71.4 Å². The molecule has 3 rings (SSSR count). The number of ether oxygens (including phenoxy) is 3. The van der Waals surface area contributed by atoms with Gasteiger partial charge in [-0.2, -0.15) is 4.31 Å². The maximum absolute atomic E-state index is 13.6. The summed E-state index contributed by atoms with van der Waals surface area (Å²) in [5, 5.41) is 6.51. The minimum atomic E-state index is -3.68. The molecule has 2 N–H and O–H groups in total. The maximum Gasteiger partial charge on any atom is 0.247 e. The van der Waals surface area contributed by atoms with E-state index in [1.807, 2.05) is 27.7 Å². The molecular formula is C29H43N3O6S. The summed E-state index contributed by atoms with van der Waals surface area (Å²) in [4.78, 5) is 13.8. The van der Waals surface area contributed by atoms with Crippen LogP contribution in [0.15, 0.2) is 41.3 Å². The Bertz CT molecular complexity index is 1180. The second kappa shape index (κ2) is 13.4. The summed E-state index contributed by atoms with van der Waals surface area (Å²) in [6.45, 7) is 7.45. The van der Waals surface area contributed by atoms with E-state index in [2.05, 4.69) is 10.6 Å². The molecule has 1 amide bonds. The van der Waals surface area contributed by atoms with E-state index < -0.39 is 16.1 Å². The van der Waals surface area contributed by atoms with Crippen molar-refractivity contribution < 1.29 is 27.4 Å². The molecule has 0 bridgehead atoms. The van der Waals surface area contributed by atoms with Crippen molar-refractivity contribution in [2.75, 3.05) is 26.6 Å². The average molecular weight is 562 g/mol. The Balaban J connectivity index is 1.97. The molecule has 1 aliphatic carbocycles. The third-order valence-corrected chi connectivity index (χ3v) is 9.26. The third kappa shape index (κ3) is 7.16. The third-order valence-electron chi connectivity index (χ3n) is 6.99. The number of rotatable bonds is 12. The van der Waals surface area contributed by atoms with Crippen LogP contribution in [-0.4, -0.2) is 58.1 Å². The predicted molar refractivity (Wildman–Crippen MR) is 153 cm³/mol. The van der Waals surface area contributed by atoms with Crippen LogP contribution in [0.2, 0.25) is 0 Å². The first-order valence-electron chi connectivity index (χ1n) is 13.5. The fourth-order valence-corrected chi connectivity index (χ4v) is 7.10. The molecule has 1 fully saturated rings. The fourth-order valence-electron chi connectivity index (χ4n) is 5.26. The molecule has 0 aromatic heterocycles. The van der Waals surface area contributed by atoms with Crippen molar-refractivity contribution >= 4 is 21.6 Å². The first-order valence-corrected chi connectivity index (χ1v) is 15.0. The summed E-state index contributed by atoms with van der Waals surface area (Å²) in [6, 6.07) is 8.98. The minimum Gasteiger partial charge on any atom is -0.493 e.